The summed E-state index contributed by atoms with van der Waals surface area (Å²) >= 11 is 0. The average molecular weight is 487 g/mol. The minimum atomic E-state index is -4.02. The highest BCUT2D eigenvalue weighted by atomic mass is 32.2. The number of hydrogen-bond acceptors (Lipinski definition) is 6. The molecule has 10 heteroatoms. The molecule has 0 saturated carbocycles. The standard InChI is InChI=1S/C24H23FN2O6S/c1-3-32-17-9-11-18(12-10-17)34(30,31)27-21-7-5-4-6-19(21)24(29)33-15-23(28)26-22-13-8-16(2)14-20(22)25/h4-14,27H,3,15H2,1-2H3,(H,26,28). The highest BCUT2D eigenvalue weighted by Gasteiger charge is 2.20. The molecule has 34 heavy (non-hydrogen) atoms. The Bertz CT molecular complexity index is 1290. The van der Waals surface area contributed by atoms with E-state index in [0.29, 0.717) is 17.9 Å². The normalized spacial score (nSPS) is 10.9. The van der Waals surface area contributed by atoms with Crippen LogP contribution in [0.4, 0.5) is 15.8 Å². The van der Waals surface area contributed by atoms with Crippen LogP contribution in [0.25, 0.3) is 0 Å². The van der Waals surface area contributed by atoms with Crippen LogP contribution in [0, 0.1) is 12.7 Å². The minimum Gasteiger partial charge on any atom is -0.494 e. The molecule has 0 aliphatic rings. The van der Waals surface area contributed by atoms with Crippen molar-refractivity contribution in [2.24, 2.45) is 0 Å². The summed E-state index contributed by atoms with van der Waals surface area (Å²) < 4.78 is 52.1. The predicted molar refractivity (Wildman–Crippen MR) is 125 cm³/mol. The van der Waals surface area contributed by atoms with Crippen molar-refractivity contribution in [3.05, 3.63) is 83.7 Å². The third-order valence-electron chi connectivity index (χ3n) is 4.57. The summed E-state index contributed by atoms with van der Waals surface area (Å²) in [5, 5.41) is 2.32. The van der Waals surface area contributed by atoms with Crippen LogP contribution in [0.3, 0.4) is 0 Å². The number of halogens is 1. The summed E-state index contributed by atoms with van der Waals surface area (Å²) in [6.07, 6.45) is 0. The Morgan fingerprint density at radius 2 is 1.68 bits per heavy atom. The fourth-order valence-corrected chi connectivity index (χ4v) is 4.03. The number of para-hydroxylation sites is 1. The number of carbonyl (C=O) groups excluding carboxylic acids is 2. The van der Waals surface area contributed by atoms with Crippen LogP contribution in [0.15, 0.2) is 71.6 Å². The van der Waals surface area contributed by atoms with Gasteiger partial charge in [-0.25, -0.2) is 17.6 Å². The van der Waals surface area contributed by atoms with Crippen LogP contribution in [-0.2, 0) is 19.6 Å². The molecule has 1 amide bonds. The van der Waals surface area contributed by atoms with Crippen LogP contribution >= 0.6 is 0 Å². The molecule has 3 aromatic rings. The van der Waals surface area contributed by atoms with Crippen molar-refractivity contribution in [2.75, 3.05) is 23.3 Å². The lowest BCUT2D eigenvalue weighted by molar-refractivity contribution is -0.119. The summed E-state index contributed by atoms with van der Waals surface area (Å²) in [5.74, 6) is -1.77. The highest BCUT2D eigenvalue weighted by molar-refractivity contribution is 7.92. The maximum absolute atomic E-state index is 13.9. The smallest absolute Gasteiger partial charge is 0.340 e. The van der Waals surface area contributed by atoms with Gasteiger partial charge < -0.3 is 14.8 Å². The number of anilines is 2. The van der Waals surface area contributed by atoms with Gasteiger partial charge in [0.05, 0.1) is 28.4 Å². The maximum atomic E-state index is 13.9. The van der Waals surface area contributed by atoms with Crippen LogP contribution in [0.5, 0.6) is 5.75 Å². The number of aryl methyl sites for hydroxylation is 1. The van der Waals surface area contributed by atoms with Crippen LogP contribution in [-0.4, -0.2) is 33.5 Å². The molecule has 2 N–H and O–H groups in total. The Hall–Kier alpha value is -3.92. The third kappa shape index (κ3) is 6.32. The van der Waals surface area contributed by atoms with E-state index in [1.807, 2.05) is 6.92 Å². The Morgan fingerprint density at radius 3 is 2.35 bits per heavy atom. The summed E-state index contributed by atoms with van der Waals surface area (Å²) in [6, 6.07) is 15.9. The lowest BCUT2D eigenvalue weighted by Crippen LogP contribution is -2.22. The maximum Gasteiger partial charge on any atom is 0.340 e. The van der Waals surface area contributed by atoms with E-state index in [0.717, 1.165) is 0 Å². The number of nitrogens with one attached hydrogen (secondary N) is 2. The Labute approximate surface area is 196 Å². The van der Waals surface area contributed by atoms with Crippen LogP contribution in [0.2, 0.25) is 0 Å². The van der Waals surface area contributed by atoms with E-state index in [4.69, 9.17) is 9.47 Å². The van der Waals surface area contributed by atoms with E-state index in [1.165, 1.54) is 54.6 Å². The lowest BCUT2D eigenvalue weighted by Gasteiger charge is -2.13. The number of carbonyl (C=O) groups is 2. The first kappa shape index (κ1) is 24.7. The molecule has 0 aromatic heterocycles. The van der Waals surface area contributed by atoms with Crippen molar-refractivity contribution in [3.8, 4) is 5.75 Å². The predicted octanol–water partition coefficient (Wildman–Crippen LogP) is 4.13. The third-order valence-corrected chi connectivity index (χ3v) is 5.95. The monoisotopic (exact) mass is 486 g/mol. The van der Waals surface area contributed by atoms with Gasteiger partial charge in [0.25, 0.3) is 15.9 Å². The number of benzene rings is 3. The first-order chi connectivity index (χ1) is 16.2. The molecule has 3 aromatic carbocycles. The fourth-order valence-electron chi connectivity index (χ4n) is 2.95. The van der Waals surface area contributed by atoms with Crippen molar-refractivity contribution >= 4 is 33.3 Å². The Morgan fingerprint density at radius 1 is 0.971 bits per heavy atom. The highest BCUT2D eigenvalue weighted by Crippen LogP contribution is 2.23. The summed E-state index contributed by atoms with van der Waals surface area (Å²) in [6.45, 7) is 3.27. The Balaban J connectivity index is 1.68. The van der Waals surface area contributed by atoms with Crippen molar-refractivity contribution in [1.29, 1.82) is 0 Å². The lowest BCUT2D eigenvalue weighted by atomic mass is 10.2. The first-order valence-corrected chi connectivity index (χ1v) is 11.8. The van der Waals surface area contributed by atoms with Gasteiger partial charge in [0.1, 0.15) is 11.6 Å². The van der Waals surface area contributed by atoms with Crippen molar-refractivity contribution in [1.82, 2.24) is 0 Å². The van der Waals surface area contributed by atoms with E-state index >= 15 is 0 Å². The van der Waals surface area contributed by atoms with E-state index < -0.39 is 34.3 Å². The molecule has 0 bridgehead atoms. The summed E-state index contributed by atoms with van der Waals surface area (Å²) in [5.41, 5.74) is 0.527. The van der Waals surface area contributed by atoms with Crippen LogP contribution in [0.1, 0.15) is 22.8 Å². The van der Waals surface area contributed by atoms with Gasteiger partial charge in [-0.1, -0.05) is 18.2 Å². The van der Waals surface area contributed by atoms with Gasteiger partial charge in [0, 0.05) is 0 Å². The number of ether oxygens (including phenoxy) is 2. The number of rotatable bonds is 9. The molecule has 0 heterocycles. The van der Waals surface area contributed by atoms with E-state index in [1.54, 1.807) is 19.1 Å². The second kappa shape index (κ2) is 10.8. The molecule has 3 rings (SSSR count). The molecule has 0 radical (unpaired) electrons. The second-order valence-electron chi connectivity index (χ2n) is 7.16. The summed E-state index contributed by atoms with van der Waals surface area (Å²) in [4.78, 5) is 24.6. The second-order valence-corrected chi connectivity index (χ2v) is 8.85. The molecule has 0 atom stereocenters. The minimum absolute atomic E-state index is 0.0219. The van der Waals surface area contributed by atoms with Gasteiger partial charge in [0.15, 0.2) is 6.61 Å². The first-order valence-electron chi connectivity index (χ1n) is 10.3. The molecular formula is C24H23FN2O6S. The van der Waals surface area contributed by atoms with E-state index in [2.05, 4.69) is 10.0 Å². The van der Waals surface area contributed by atoms with E-state index in [9.17, 15) is 22.4 Å². The molecule has 0 saturated heterocycles. The molecular weight excluding hydrogens is 463 g/mol. The largest absolute Gasteiger partial charge is 0.494 e. The number of amides is 1. The van der Waals surface area contributed by atoms with Gasteiger partial charge in [0.2, 0.25) is 0 Å². The molecule has 0 aliphatic carbocycles. The average Bonchev–Trinajstić information content (AvgIpc) is 2.80. The zero-order chi connectivity index (χ0) is 24.7. The van der Waals surface area contributed by atoms with Gasteiger partial charge >= 0.3 is 5.97 Å². The number of hydrogen-bond donors (Lipinski definition) is 2. The zero-order valence-corrected chi connectivity index (χ0v) is 19.3. The summed E-state index contributed by atoms with van der Waals surface area (Å²) in [7, 11) is -4.02. The van der Waals surface area contributed by atoms with Gasteiger partial charge in [-0.15, -0.1) is 0 Å². The fraction of sp³-hybridized carbons (Fsp3) is 0.167. The molecule has 8 nitrogen and oxygen atoms in total. The SMILES string of the molecule is CCOc1ccc(S(=O)(=O)Nc2ccccc2C(=O)OCC(=O)Nc2ccc(C)cc2F)cc1. The van der Waals surface area contributed by atoms with Crippen molar-refractivity contribution in [2.45, 2.75) is 18.7 Å². The molecule has 0 fully saturated rings. The van der Waals surface area contributed by atoms with Crippen molar-refractivity contribution < 1.29 is 31.9 Å². The van der Waals surface area contributed by atoms with Gasteiger partial charge in [-0.3, -0.25) is 9.52 Å². The van der Waals surface area contributed by atoms with Gasteiger partial charge in [-0.2, -0.15) is 0 Å². The number of esters is 1. The molecule has 0 unspecified atom stereocenters. The Kier molecular flexibility index (Phi) is 7.85. The molecule has 178 valence electrons. The van der Waals surface area contributed by atoms with E-state index in [-0.39, 0.29) is 21.8 Å². The quantitative estimate of drug-likeness (QED) is 0.440. The van der Waals surface area contributed by atoms with Crippen LogP contribution < -0.4 is 14.8 Å². The van der Waals surface area contributed by atoms with Gasteiger partial charge in [-0.05, 0) is 67.9 Å². The van der Waals surface area contributed by atoms with Crippen molar-refractivity contribution in [3.63, 3.8) is 0 Å². The number of sulfonamides is 1. The topological polar surface area (TPSA) is 111 Å². The molecule has 0 spiro atoms. The molecule has 0 aliphatic heterocycles. The zero-order valence-electron chi connectivity index (χ0n) is 18.5.